The fraction of sp³-hybridized carbons (Fsp3) is 0.385. The zero-order valence-corrected chi connectivity index (χ0v) is 10.5. The van der Waals surface area contributed by atoms with Crippen LogP contribution in [0.4, 0.5) is 5.69 Å². The summed E-state index contributed by atoms with van der Waals surface area (Å²) in [6.45, 7) is 2.18. The van der Waals surface area contributed by atoms with E-state index in [-0.39, 0.29) is 24.9 Å². The minimum atomic E-state index is 0.0411. The molecule has 0 radical (unpaired) electrons. The Morgan fingerprint density at radius 1 is 1.33 bits per heavy atom. The zero-order valence-electron chi connectivity index (χ0n) is 10.5. The van der Waals surface area contributed by atoms with E-state index in [2.05, 4.69) is 5.32 Å². The van der Waals surface area contributed by atoms with E-state index < -0.39 is 0 Å². The van der Waals surface area contributed by atoms with Crippen molar-refractivity contribution in [3.63, 3.8) is 0 Å². The monoisotopic (exact) mass is 244 g/mol. The maximum absolute atomic E-state index is 9.95. The number of aromatic hydroxyl groups is 1. The third-order valence-electron chi connectivity index (χ3n) is 2.80. The van der Waals surface area contributed by atoms with Crippen molar-refractivity contribution in [2.75, 3.05) is 25.0 Å². The van der Waals surface area contributed by atoms with Gasteiger partial charge in [-0.25, -0.2) is 0 Å². The number of nitriles is 2. The number of phenolic OH excluding ortho intramolecular Hbond substituents is 1. The summed E-state index contributed by atoms with van der Waals surface area (Å²) in [4.78, 5) is 1.60. The molecule has 0 saturated carbocycles. The molecule has 0 spiro atoms. The lowest BCUT2D eigenvalue weighted by Gasteiger charge is -2.20. The summed E-state index contributed by atoms with van der Waals surface area (Å²) in [5, 5.41) is 30.4. The van der Waals surface area contributed by atoms with Gasteiger partial charge in [0.15, 0.2) is 0 Å². The lowest BCUT2D eigenvalue weighted by atomic mass is 10.1. The summed E-state index contributed by atoms with van der Waals surface area (Å²) in [6.07, 6.45) is 0. The van der Waals surface area contributed by atoms with Crippen molar-refractivity contribution >= 4 is 5.69 Å². The van der Waals surface area contributed by atoms with Gasteiger partial charge in [-0.2, -0.15) is 10.5 Å². The summed E-state index contributed by atoms with van der Waals surface area (Å²) in [5.74, 6) is 0.162. The van der Waals surface area contributed by atoms with Crippen LogP contribution in [0.15, 0.2) is 18.2 Å². The van der Waals surface area contributed by atoms with Gasteiger partial charge in [0.25, 0.3) is 0 Å². The van der Waals surface area contributed by atoms with E-state index in [1.165, 1.54) is 0 Å². The molecule has 18 heavy (non-hydrogen) atoms. The van der Waals surface area contributed by atoms with Crippen molar-refractivity contribution in [2.45, 2.75) is 13.0 Å². The average Bonchev–Trinajstić information content (AvgIpc) is 2.37. The van der Waals surface area contributed by atoms with Crippen LogP contribution >= 0.6 is 0 Å². The highest BCUT2D eigenvalue weighted by atomic mass is 16.3. The van der Waals surface area contributed by atoms with Gasteiger partial charge in [0, 0.05) is 23.4 Å². The van der Waals surface area contributed by atoms with Crippen molar-refractivity contribution in [3.8, 4) is 17.9 Å². The second kappa shape index (κ2) is 6.48. The number of phenols is 1. The van der Waals surface area contributed by atoms with Gasteiger partial charge in [0.1, 0.15) is 18.8 Å². The SMILES string of the molecule is CNC(C)c1ccc(N(CC#N)CC#N)cc1O. The van der Waals surface area contributed by atoms with Gasteiger partial charge in [-0.15, -0.1) is 0 Å². The van der Waals surface area contributed by atoms with E-state index in [9.17, 15) is 5.11 Å². The second-order valence-corrected chi connectivity index (χ2v) is 3.93. The summed E-state index contributed by atoms with van der Waals surface area (Å²) in [5.41, 5.74) is 1.46. The highest BCUT2D eigenvalue weighted by Crippen LogP contribution is 2.28. The van der Waals surface area contributed by atoms with E-state index in [1.54, 1.807) is 23.1 Å². The van der Waals surface area contributed by atoms with Crippen LogP contribution < -0.4 is 10.2 Å². The molecule has 1 aromatic rings. The number of benzene rings is 1. The predicted octanol–water partition coefficient (Wildman–Crippen LogP) is 1.53. The molecular formula is C13H16N4O. The van der Waals surface area contributed by atoms with Crippen LogP contribution in [0.3, 0.4) is 0 Å². The molecular weight excluding hydrogens is 228 g/mol. The van der Waals surface area contributed by atoms with Crippen LogP contribution in [0, 0.1) is 22.7 Å². The molecule has 1 unspecified atom stereocenters. The number of anilines is 1. The van der Waals surface area contributed by atoms with E-state index in [1.807, 2.05) is 26.1 Å². The molecule has 5 heteroatoms. The van der Waals surface area contributed by atoms with E-state index in [0.29, 0.717) is 5.69 Å². The van der Waals surface area contributed by atoms with E-state index in [0.717, 1.165) is 5.56 Å². The summed E-state index contributed by atoms with van der Waals surface area (Å²) in [6, 6.07) is 9.22. The summed E-state index contributed by atoms with van der Waals surface area (Å²) in [7, 11) is 1.82. The normalized spacial score (nSPS) is 11.3. The second-order valence-electron chi connectivity index (χ2n) is 3.93. The number of nitrogens with one attached hydrogen (secondary N) is 1. The third-order valence-corrected chi connectivity index (χ3v) is 2.80. The molecule has 1 rings (SSSR count). The van der Waals surface area contributed by atoms with Crippen LogP contribution in [0.25, 0.3) is 0 Å². The molecule has 0 aliphatic heterocycles. The molecule has 0 fully saturated rings. The number of rotatable bonds is 5. The Hall–Kier alpha value is -2.24. The average molecular weight is 244 g/mol. The lowest BCUT2D eigenvalue weighted by molar-refractivity contribution is 0.458. The molecule has 0 saturated heterocycles. The Labute approximate surface area is 107 Å². The van der Waals surface area contributed by atoms with Crippen molar-refractivity contribution in [1.29, 1.82) is 10.5 Å². The maximum Gasteiger partial charge on any atom is 0.122 e. The number of hydrogen-bond acceptors (Lipinski definition) is 5. The van der Waals surface area contributed by atoms with Gasteiger partial charge >= 0.3 is 0 Å². The first-order valence-electron chi connectivity index (χ1n) is 5.63. The highest BCUT2D eigenvalue weighted by molar-refractivity contribution is 5.55. The molecule has 0 amide bonds. The minimum absolute atomic E-state index is 0.0411. The van der Waals surface area contributed by atoms with Gasteiger partial charge in [0.2, 0.25) is 0 Å². The van der Waals surface area contributed by atoms with Gasteiger partial charge < -0.3 is 15.3 Å². The number of nitrogens with zero attached hydrogens (tertiary/aromatic N) is 3. The molecule has 2 N–H and O–H groups in total. The van der Waals surface area contributed by atoms with Gasteiger partial charge in [-0.3, -0.25) is 0 Å². The quantitative estimate of drug-likeness (QED) is 0.767. The Morgan fingerprint density at radius 3 is 2.39 bits per heavy atom. The van der Waals surface area contributed by atoms with Crippen LogP contribution in [0.5, 0.6) is 5.75 Å². The fourth-order valence-electron chi connectivity index (χ4n) is 1.66. The smallest absolute Gasteiger partial charge is 0.122 e. The Balaban J connectivity index is 3.02. The summed E-state index contributed by atoms with van der Waals surface area (Å²) >= 11 is 0. The summed E-state index contributed by atoms with van der Waals surface area (Å²) < 4.78 is 0. The van der Waals surface area contributed by atoms with Crippen LogP contribution in [-0.4, -0.2) is 25.2 Å². The minimum Gasteiger partial charge on any atom is -0.508 e. The van der Waals surface area contributed by atoms with Gasteiger partial charge in [0.05, 0.1) is 12.1 Å². The fourth-order valence-corrected chi connectivity index (χ4v) is 1.66. The molecule has 0 aliphatic rings. The predicted molar refractivity (Wildman–Crippen MR) is 69.0 cm³/mol. The molecule has 0 heterocycles. The first kappa shape index (κ1) is 13.8. The molecule has 0 aromatic heterocycles. The van der Waals surface area contributed by atoms with Gasteiger partial charge in [-0.05, 0) is 20.0 Å². The molecule has 94 valence electrons. The Morgan fingerprint density at radius 2 is 1.94 bits per heavy atom. The highest BCUT2D eigenvalue weighted by Gasteiger charge is 2.12. The Kier molecular flexibility index (Phi) is 4.98. The van der Waals surface area contributed by atoms with Crippen molar-refractivity contribution in [3.05, 3.63) is 23.8 Å². The first-order chi connectivity index (χ1) is 8.63. The van der Waals surface area contributed by atoms with Crippen LogP contribution in [0.1, 0.15) is 18.5 Å². The number of hydrogen-bond donors (Lipinski definition) is 2. The molecule has 1 atom stereocenters. The van der Waals surface area contributed by atoms with Gasteiger partial charge in [-0.1, -0.05) is 6.07 Å². The first-order valence-corrected chi connectivity index (χ1v) is 5.63. The maximum atomic E-state index is 9.95. The zero-order chi connectivity index (χ0) is 13.5. The standard InChI is InChI=1S/C13H16N4O/c1-10(16-2)12-4-3-11(9-13(12)18)17(7-5-14)8-6-15/h3-4,9-10,16,18H,7-8H2,1-2H3. The topological polar surface area (TPSA) is 83.1 Å². The largest absolute Gasteiger partial charge is 0.508 e. The molecule has 0 bridgehead atoms. The molecule has 1 aromatic carbocycles. The van der Waals surface area contributed by atoms with Crippen molar-refractivity contribution < 1.29 is 5.11 Å². The third kappa shape index (κ3) is 3.13. The van der Waals surface area contributed by atoms with E-state index in [4.69, 9.17) is 10.5 Å². The van der Waals surface area contributed by atoms with Crippen molar-refractivity contribution in [2.24, 2.45) is 0 Å². The molecule has 5 nitrogen and oxygen atoms in total. The van der Waals surface area contributed by atoms with Crippen LogP contribution in [-0.2, 0) is 0 Å². The lowest BCUT2D eigenvalue weighted by Crippen LogP contribution is -2.23. The molecule has 0 aliphatic carbocycles. The van der Waals surface area contributed by atoms with E-state index >= 15 is 0 Å². The van der Waals surface area contributed by atoms with Crippen LogP contribution in [0.2, 0.25) is 0 Å². The Bertz CT molecular complexity index is 471. The van der Waals surface area contributed by atoms with Crippen molar-refractivity contribution in [1.82, 2.24) is 5.32 Å².